The predicted molar refractivity (Wildman–Crippen MR) is 92.8 cm³/mol. The number of carboxylic acids is 1. The fourth-order valence-electron chi connectivity index (χ4n) is 3.14. The molecule has 3 aromatic rings. The summed E-state index contributed by atoms with van der Waals surface area (Å²) in [6.45, 7) is 1.02. The molecule has 8 nitrogen and oxygen atoms in total. The van der Waals surface area contributed by atoms with Crippen LogP contribution in [0.2, 0.25) is 0 Å². The molecule has 1 N–H and O–H groups in total. The maximum atomic E-state index is 12.5. The molecule has 0 bridgehead atoms. The van der Waals surface area contributed by atoms with Crippen molar-refractivity contribution in [3.8, 4) is 11.6 Å². The van der Waals surface area contributed by atoms with Gasteiger partial charge in [0.15, 0.2) is 5.76 Å². The smallest absolute Gasteiger partial charge is 0.335 e. The molecule has 3 heterocycles. The summed E-state index contributed by atoms with van der Waals surface area (Å²) in [7, 11) is 0. The quantitative estimate of drug-likeness (QED) is 0.738. The van der Waals surface area contributed by atoms with Crippen LogP contribution in [0.4, 0.5) is 0 Å². The van der Waals surface area contributed by atoms with E-state index < -0.39 is 5.97 Å². The second kappa shape index (κ2) is 7.06. The molecule has 1 aromatic carbocycles. The Morgan fingerprint density at radius 3 is 2.89 bits per heavy atom. The van der Waals surface area contributed by atoms with Gasteiger partial charge in [0.1, 0.15) is 0 Å². The Kier molecular flexibility index (Phi) is 4.45. The molecule has 1 amide bonds. The summed E-state index contributed by atoms with van der Waals surface area (Å²) in [4.78, 5) is 29.6. The molecule has 1 aliphatic heterocycles. The molecule has 27 heavy (non-hydrogen) atoms. The Labute approximate surface area is 154 Å². The molecular weight excluding hydrogens is 350 g/mol. The van der Waals surface area contributed by atoms with Crippen molar-refractivity contribution in [2.45, 2.75) is 25.8 Å². The number of amides is 1. The number of rotatable bonds is 5. The van der Waals surface area contributed by atoms with Gasteiger partial charge in [0.05, 0.1) is 11.8 Å². The average Bonchev–Trinajstić information content (AvgIpc) is 3.36. The van der Waals surface area contributed by atoms with E-state index in [0.717, 1.165) is 11.1 Å². The Hall–Kier alpha value is -3.42. The number of fused-ring (bicyclic) bond motifs is 1. The first-order chi connectivity index (χ1) is 13.1. The minimum Gasteiger partial charge on any atom is -0.478 e. The molecule has 0 saturated heterocycles. The van der Waals surface area contributed by atoms with Crippen LogP contribution in [-0.2, 0) is 24.2 Å². The van der Waals surface area contributed by atoms with Crippen LogP contribution in [0.1, 0.15) is 33.8 Å². The van der Waals surface area contributed by atoms with Gasteiger partial charge in [-0.15, -0.1) is 0 Å². The minimum atomic E-state index is -0.968. The molecule has 0 unspecified atom stereocenters. The van der Waals surface area contributed by atoms with E-state index in [1.165, 1.54) is 6.26 Å². The number of nitrogens with zero attached hydrogens (tertiary/aromatic N) is 3. The maximum absolute atomic E-state index is 12.5. The largest absolute Gasteiger partial charge is 0.478 e. The lowest BCUT2D eigenvalue weighted by molar-refractivity contribution is -0.132. The van der Waals surface area contributed by atoms with Crippen LogP contribution >= 0.6 is 0 Å². The van der Waals surface area contributed by atoms with Crippen molar-refractivity contribution in [3.05, 3.63) is 59.2 Å². The van der Waals surface area contributed by atoms with Crippen LogP contribution in [0.25, 0.3) is 11.6 Å². The highest BCUT2D eigenvalue weighted by Gasteiger charge is 2.22. The SMILES string of the molecule is O=C(O)c1ccc2c(c1)CN(C(=O)CCc1nc(-c3ccco3)no1)CC2. The number of hydrogen-bond acceptors (Lipinski definition) is 6. The third-order valence-corrected chi connectivity index (χ3v) is 4.58. The fourth-order valence-corrected chi connectivity index (χ4v) is 3.14. The molecule has 8 heteroatoms. The van der Waals surface area contributed by atoms with E-state index in [2.05, 4.69) is 10.1 Å². The lowest BCUT2D eigenvalue weighted by Gasteiger charge is -2.29. The highest BCUT2D eigenvalue weighted by atomic mass is 16.5. The Morgan fingerprint density at radius 1 is 1.22 bits per heavy atom. The normalized spacial score (nSPS) is 13.4. The molecule has 0 spiro atoms. The van der Waals surface area contributed by atoms with Crippen molar-refractivity contribution in [1.29, 1.82) is 0 Å². The van der Waals surface area contributed by atoms with E-state index in [0.29, 0.717) is 43.4 Å². The van der Waals surface area contributed by atoms with E-state index in [-0.39, 0.29) is 17.9 Å². The number of aromatic nitrogens is 2. The molecule has 0 aliphatic carbocycles. The van der Waals surface area contributed by atoms with Crippen LogP contribution in [0.3, 0.4) is 0 Å². The number of hydrogen-bond donors (Lipinski definition) is 1. The Morgan fingerprint density at radius 2 is 2.11 bits per heavy atom. The topological polar surface area (TPSA) is 110 Å². The van der Waals surface area contributed by atoms with E-state index >= 15 is 0 Å². The lowest BCUT2D eigenvalue weighted by Crippen LogP contribution is -2.36. The van der Waals surface area contributed by atoms with Gasteiger partial charge in [-0.1, -0.05) is 11.2 Å². The Bertz CT molecular complexity index is 977. The summed E-state index contributed by atoms with van der Waals surface area (Å²) in [5.41, 5.74) is 2.20. The molecule has 0 atom stereocenters. The third kappa shape index (κ3) is 3.59. The summed E-state index contributed by atoms with van der Waals surface area (Å²) in [6, 6.07) is 8.54. The average molecular weight is 367 g/mol. The van der Waals surface area contributed by atoms with Crippen molar-refractivity contribution in [3.63, 3.8) is 0 Å². The van der Waals surface area contributed by atoms with Gasteiger partial charge in [0, 0.05) is 25.9 Å². The first-order valence-electron chi connectivity index (χ1n) is 8.59. The molecular formula is C19H17N3O5. The number of furan rings is 1. The molecule has 0 saturated carbocycles. The van der Waals surface area contributed by atoms with Gasteiger partial charge in [-0.25, -0.2) is 4.79 Å². The number of carbonyl (C=O) groups is 2. The van der Waals surface area contributed by atoms with Crippen molar-refractivity contribution in [1.82, 2.24) is 15.0 Å². The molecule has 1 aliphatic rings. The zero-order chi connectivity index (χ0) is 18.8. The number of benzene rings is 1. The monoisotopic (exact) mass is 367 g/mol. The minimum absolute atomic E-state index is 0.0286. The molecule has 0 fully saturated rings. The van der Waals surface area contributed by atoms with Gasteiger partial charge in [-0.05, 0) is 41.8 Å². The van der Waals surface area contributed by atoms with Crippen LogP contribution in [0, 0.1) is 0 Å². The molecule has 2 aromatic heterocycles. The number of aryl methyl sites for hydroxylation is 1. The summed E-state index contributed by atoms with van der Waals surface area (Å²) < 4.78 is 10.4. The van der Waals surface area contributed by atoms with Gasteiger partial charge >= 0.3 is 5.97 Å². The van der Waals surface area contributed by atoms with Gasteiger partial charge in [-0.2, -0.15) is 4.98 Å². The second-order valence-corrected chi connectivity index (χ2v) is 6.34. The molecule has 0 radical (unpaired) electrons. The summed E-state index contributed by atoms with van der Waals surface area (Å²) >= 11 is 0. The van der Waals surface area contributed by atoms with E-state index in [1.807, 2.05) is 6.07 Å². The van der Waals surface area contributed by atoms with Gasteiger partial charge < -0.3 is 18.9 Å². The summed E-state index contributed by atoms with van der Waals surface area (Å²) in [6.07, 6.45) is 2.82. The number of carbonyl (C=O) groups excluding carboxylic acids is 1. The van der Waals surface area contributed by atoms with Crippen LogP contribution in [0.15, 0.2) is 45.5 Å². The zero-order valence-electron chi connectivity index (χ0n) is 14.4. The van der Waals surface area contributed by atoms with Crippen molar-refractivity contribution in [2.75, 3.05) is 6.54 Å². The molecule has 4 rings (SSSR count). The summed E-state index contributed by atoms with van der Waals surface area (Å²) in [5, 5.41) is 13.0. The standard InChI is InChI=1S/C19H17N3O5/c23-17(6-5-16-20-18(21-27-16)15-2-1-9-26-15)22-8-7-12-3-4-13(19(24)25)10-14(12)11-22/h1-4,9-10H,5-8,11H2,(H,24,25). The van der Waals surface area contributed by atoms with Crippen LogP contribution in [-0.4, -0.2) is 38.6 Å². The maximum Gasteiger partial charge on any atom is 0.335 e. The van der Waals surface area contributed by atoms with E-state index in [4.69, 9.17) is 14.0 Å². The highest BCUT2D eigenvalue weighted by Crippen LogP contribution is 2.22. The molecule has 138 valence electrons. The Balaban J connectivity index is 1.38. The summed E-state index contributed by atoms with van der Waals surface area (Å²) in [5.74, 6) is 0.248. The van der Waals surface area contributed by atoms with Crippen LogP contribution < -0.4 is 0 Å². The van der Waals surface area contributed by atoms with Gasteiger partial charge in [-0.3, -0.25) is 4.79 Å². The van der Waals surface area contributed by atoms with Crippen molar-refractivity contribution < 1.29 is 23.6 Å². The van der Waals surface area contributed by atoms with Gasteiger partial charge in [0.2, 0.25) is 17.6 Å². The first kappa shape index (κ1) is 17.0. The first-order valence-corrected chi connectivity index (χ1v) is 8.59. The predicted octanol–water partition coefficient (Wildman–Crippen LogP) is 2.55. The third-order valence-electron chi connectivity index (χ3n) is 4.58. The fraction of sp³-hybridized carbons (Fsp3) is 0.263. The second-order valence-electron chi connectivity index (χ2n) is 6.34. The number of aromatic carboxylic acids is 1. The van der Waals surface area contributed by atoms with Crippen LogP contribution in [0.5, 0.6) is 0 Å². The van der Waals surface area contributed by atoms with E-state index in [9.17, 15) is 9.59 Å². The van der Waals surface area contributed by atoms with E-state index in [1.54, 1.807) is 29.2 Å². The van der Waals surface area contributed by atoms with Gasteiger partial charge in [0.25, 0.3) is 0 Å². The van der Waals surface area contributed by atoms with Crippen molar-refractivity contribution >= 4 is 11.9 Å². The lowest BCUT2D eigenvalue weighted by atomic mass is 9.97. The number of carboxylic acid groups (broad SMARTS) is 1. The van der Waals surface area contributed by atoms with Crippen molar-refractivity contribution in [2.24, 2.45) is 0 Å². The zero-order valence-corrected chi connectivity index (χ0v) is 14.4. The highest BCUT2D eigenvalue weighted by molar-refractivity contribution is 5.88.